The number of nitrogens with zero attached hydrogens (tertiary/aromatic N) is 4. The van der Waals surface area contributed by atoms with Gasteiger partial charge in [0.2, 0.25) is 6.41 Å². The molecule has 0 bridgehead atoms. The summed E-state index contributed by atoms with van der Waals surface area (Å²) in [6, 6.07) is 15.7. The van der Waals surface area contributed by atoms with Gasteiger partial charge in [-0.2, -0.15) is 5.10 Å². The number of hydrogen-bond acceptors (Lipinski definition) is 7. The maximum absolute atomic E-state index is 12.5. The smallest absolute Gasteiger partial charge is 0.254 e. The molecule has 0 radical (unpaired) electrons. The molecule has 3 unspecified atom stereocenters. The maximum Gasteiger partial charge on any atom is 0.254 e. The quantitative estimate of drug-likeness (QED) is 0.191. The molecule has 2 amide bonds. The van der Waals surface area contributed by atoms with Crippen molar-refractivity contribution >= 4 is 18.0 Å². The summed E-state index contributed by atoms with van der Waals surface area (Å²) in [5, 5.41) is 26.4. The number of anilines is 1. The van der Waals surface area contributed by atoms with Crippen molar-refractivity contribution in [1.29, 1.82) is 0 Å². The fourth-order valence-corrected chi connectivity index (χ4v) is 3.73. The van der Waals surface area contributed by atoms with Crippen LogP contribution in [-0.4, -0.2) is 62.5 Å². The molecule has 216 valence electrons. The fourth-order valence-electron chi connectivity index (χ4n) is 3.73. The third-order valence-corrected chi connectivity index (χ3v) is 6.04. The molecule has 10 nitrogen and oxygen atoms in total. The number of halogens is 1. The van der Waals surface area contributed by atoms with E-state index in [1.807, 2.05) is 56.5 Å². The predicted molar refractivity (Wildman–Crippen MR) is 153 cm³/mol. The number of hydrogen-bond donors (Lipinski definition) is 4. The molecule has 4 rings (SSSR count). The Morgan fingerprint density at radius 3 is 2.23 bits per heavy atom. The number of aromatic nitrogens is 2. The Hall–Kier alpha value is -4.06. The minimum absolute atomic E-state index is 0.0134. The Morgan fingerprint density at radius 2 is 1.73 bits per heavy atom. The number of carbonyl (C=O) groups excluding carboxylic acids is 2. The SMILES string of the molecule is C/C=C\N(N)c1ccc(C(C)NC=O)cc1.CC(O)C(O)C(=O)N1CCCC1.Fc1ccc(-n2cccn2)cc1. The number of benzene rings is 2. The van der Waals surface area contributed by atoms with Crippen LogP contribution in [-0.2, 0) is 9.59 Å². The fraction of sp³-hybridized carbons (Fsp3) is 0.345. The minimum Gasteiger partial charge on any atom is -0.390 e. The Morgan fingerprint density at radius 1 is 1.10 bits per heavy atom. The van der Waals surface area contributed by atoms with E-state index in [4.69, 9.17) is 10.9 Å². The minimum atomic E-state index is -1.25. The first-order valence-electron chi connectivity index (χ1n) is 13.0. The number of nitrogens with two attached hydrogens (primary N) is 1. The number of allylic oxidation sites excluding steroid dienone is 1. The third-order valence-electron chi connectivity index (χ3n) is 6.04. The molecule has 40 heavy (non-hydrogen) atoms. The summed E-state index contributed by atoms with van der Waals surface area (Å²) in [6.45, 7) is 6.67. The Labute approximate surface area is 234 Å². The second-order valence-electron chi connectivity index (χ2n) is 9.13. The second kappa shape index (κ2) is 16.8. The number of rotatable bonds is 8. The Bertz CT molecular complexity index is 1160. The van der Waals surface area contributed by atoms with Crippen molar-refractivity contribution in [1.82, 2.24) is 20.0 Å². The molecule has 3 aromatic rings. The van der Waals surface area contributed by atoms with Gasteiger partial charge in [-0.1, -0.05) is 18.2 Å². The van der Waals surface area contributed by atoms with Crippen LogP contribution in [0.1, 0.15) is 45.2 Å². The zero-order valence-electron chi connectivity index (χ0n) is 23.1. The molecule has 1 saturated heterocycles. The van der Waals surface area contributed by atoms with E-state index in [2.05, 4.69) is 10.4 Å². The average molecular weight is 555 g/mol. The van der Waals surface area contributed by atoms with E-state index in [0.29, 0.717) is 19.5 Å². The van der Waals surface area contributed by atoms with Crippen LogP contribution < -0.4 is 16.2 Å². The molecule has 1 aromatic heterocycles. The van der Waals surface area contributed by atoms with Crippen molar-refractivity contribution in [3.05, 3.63) is 90.6 Å². The van der Waals surface area contributed by atoms with Crippen LogP contribution >= 0.6 is 0 Å². The molecular weight excluding hydrogens is 515 g/mol. The van der Waals surface area contributed by atoms with E-state index in [1.54, 1.807) is 39.1 Å². The topological polar surface area (TPSA) is 137 Å². The van der Waals surface area contributed by atoms with Crippen molar-refractivity contribution in [2.45, 2.75) is 51.9 Å². The van der Waals surface area contributed by atoms with Gasteiger partial charge in [0.15, 0.2) is 6.10 Å². The van der Waals surface area contributed by atoms with Crippen LogP contribution in [0.25, 0.3) is 5.69 Å². The standard InChI is InChI=1S/C12H17N3O.C9H7FN2.C8H15NO3/c1-3-8-15(13)12-6-4-11(5-7-12)10(2)14-9-16;10-8-2-4-9(5-3-8)12-7-1-6-11-12;1-6(10)7(11)8(12)9-4-2-3-5-9/h3-10H,13H2,1-2H3,(H,14,16);1-7H;6-7,10-11H,2-5H2,1H3/b8-3-;;. The van der Waals surface area contributed by atoms with Crippen molar-refractivity contribution in [2.75, 3.05) is 18.1 Å². The van der Waals surface area contributed by atoms with Crippen LogP contribution in [0.4, 0.5) is 10.1 Å². The highest BCUT2D eigenvalue weighted by atomic mass is 19.1. The van der Waals surface area contributed by atoms with Crippen molar-refractivity contribution in [3.63, 3.8) is 0 Å². The molecule has 1 aliphatic heterocycles. The van der Waals surface area contributed by atoms with Gasteiger partial charge in [-0.15, -0.1) is 0 Å². The monoisotopic (exact) mass is 554 g/mol. The first-order chi connectivity index (χ1) is 19.2. The van der Waals surface area contributed by atoms with Crippen molar-refractivity contribution in [2.24, 2.45) is 5.84 Å². The normalized spacial score (nSPS) is 14.7. The van der Waals surface area contributed by atoms with Crippen LogP contribution in [0.15, 0.2) is 79.3 Å². The van der Waals surface area contributed by atoms with Crippen LogP contribution in [0, 0.1) is 5.82 Å². The summed E-state index contributed by atoms with van der Waals surface area (Å²) >= 11 is 0. The summed E-state index contributed by atoms with van der Waals surface area (Å²) < 4.78 is 14.2. The molecule has 2 heterocycles. The number of aliphatic hydroxyl groups is 2. The molecule has 0 spiro atoms. The van der Waals surface area contributed by atoms with E-state index < -0.39 is 12.2 Å². The highest BCUT2D eigenvalue weighted by molar-refractivity contribution is 5.81. The first kappa shape index (κ1) is 32.2. The number of amides is 2. The van der Waals surface area contributed by atoms with Crippen LogP contribution in [0.2, 0.25) is 0 Å². The van der Waals surface area contributed by atoms with E-state index >= 15 is 0 Å². The molecule has 0 aliphatic carbocycles. The summed E-state index contributed by atoms with van der Waals surface area (Å²) in [6.07, 6.45) is 7.62. The molecule has 1 aliphatic rings. The molecule has 0 saturated carbocycles. The lowest BCUT2D eigenvalue weighted by Crippen LogP contribution is -2.42. The Kier molecular flexibility index (Phi) is 13.5. The lowest BCUT2D eigenvalue weighted by atomic mass is 10.1. The van der Waals surface area contributed by atoms with Gasteiger partial charge in [0.25, 0.3) is 5.91 Å². The largest absolute Gasteiger partial charge is 0.390 e. The Balaban J connectivity index is 0.000000213. The zero-order valence-corrected chi connectivity index (χ0v) is 23.1. The number of hydrazine groups is 1. The van der Waals surface area contributed by atoms with Crippen LogP contribution in [0.3, 0.4) is 0 Å². The highest BCUT2D eigenvalue weighted by Gasteiger charge is 2.27. The second-order valence-corrected chi connectivity index (χ2v) is 9.13. The third kappa shape index (κ3) is 10.3. The van der Waals surface area contributed by atoms with Gasteiger partial charge >= 0.3 is 0 Å². The molecule has 2 aromatic carbocycles. The summed E-state index contributed by atoms with van der Waals surface area (Å²) in [5.74, 6) is 5.19. The van der Waals surface area contributed by atoms with Crippen LogP contribution in [0.5, 0.6) is 0 Å². The number of carbonyl (C=O) groups is 2. The average Bonchev–Trinajstić information content (AvgIpc) is 3.69. The van der Waals surface area contributed by atoms with Crippen molar-refractivity contribution in [3.8, 4) is 5.69 Å². The maximum atomic E-state index is 12.5. The van der Waals surface area contributed by atoms with Gasteiger partial charge < -0.3 is 20.4 Å². The van der Waals surface area contributed by atoms with E-state index in [1.165, 1.54) is 19.1 Å². The highest BCUT2D eigenvalue weighted by Crippen LogP contribution is 2.17. The first-order valence-corrected chi connectivity index (χ1v) is 13.0. The number of likely N-dealkylation sites (tertiary alicyclic amines) is 1. The lowest BCUT2D eigenvalue weighted by molar-refractivity contribution is -0.144. The van der Waals surface area contributed by atoms with Gasteiger partial charge in [0.1, 0.15) is 5.82 Å². The van der Waals surface area contributed by atoms with Crippen molar-refractivity contribution < 1.29 is 24.2 Å². The molecule has 3 atom stereocenters. The summed E-state index contributed by atoms with van der Waals surface area (Å²) in [7, 11) is 0. The van der Waals surface area contributed by atoms with Gasteiger partial charge in [-0.05, 0) is 81.6 Å². The number of nitrogens with one attached hydrogen (secondary N) is 1. The lowest BCUT2D eigenvalue weighted by Gasteiger charge is -2.20. The van der Waals surface area contributed by atoms with E-state index in [9.17, 15) is 19.1 Å². The molecular formula is C29H39FN6O4. The van der Waals surface area contributed by atoms with Gasteiger partial charge in [-0.3, -0.25) is 14.6 Å². The zero-order chi connectivity index (χ0) is 29.5. The molecule has 1 fully saturated rings. The predicted octanol–water partition coefficient (Wildman–Crippen LogP) is 3.07. The molecule has 5 N–H and O–H groups in total. The van der Waals surface area contributed by atoms with E-state index in [0.717, 1.165) is 29.8 Å². The van der Waals surface area contributed by atoms with E-state index in [-0.39, 0.29) is 17.8 Å². The number of aliphatic hydroxyl groups excluding tert-OH is 2. The summed E-state index contributed by atoms with van der Waals surface area (Å²) in [5.41, 5.74) is 2.81. The summed E-state index contributed by atoms with van der Waals surface area (Å²) in [4.78, 5) is 23.2. The molecule has 11 heteroatoms. The van der Waals surface area contributed by atoms with Gasteiger partial charge in [0, 0.05) is 31.7 Å². The van der Waals surface area contributed by atoms with Gasteiger partial charge in [-0.25, -0.2) is 14.9 Å². The van der Waals surface area contributed by atoms with Gasteiger partial charge in [0.05, 0.1) is 23.5 Å².